The summed E-state index contributed by atoms with van der Waals surface area (Å²) in [6.07, 6.45) is 0.140. The summed E-state index contributed by atoms with van der Waals surface area (Å²) in [5.41, 5.74) is -1.41. The highest BCUT2D eigenvalue weighted by atomic mass is 16.6. The molecule has 18 heavy (non-hydrogen) atoms. The average molecular weight is 257 g/mol. The first-order valence-corrected chi connectivity index (χ1v) is 6.29. The van der Waals surface area contributed by atoms with E-state index < -0.39 is 17.2 Å². The van der Waals surface area contributed by atoms with E-state index in [9.17, 15) is 9.59 Å². The second-order valence-corrected chi connectivity index (χ2v) is 5.79. The zero-order valence-corrected chi connectivity index (χ0v) is 12.1. The van der Waals surface area contributed by atoms with Gasteiger partial charge in [-0.25, -0.2) is 9.59 Å². The Labute approximate surface area is 108 Å². The molecule has 0 heterocycles. The van der Waals surface area contributed by atoms with Gasteiger partial charge in [-0.1, -0.05) is 6.92 Å². The summed E-state index contributed by atoms with van der Waals surface area (Å²) in [6.45, 7) is 9.39. The van der Waals surface area contributed by atoms with Gasteiger partial charge in [-0.3, -0.25) is 4.90 Å². The first-order chi connectivity index (χ1) is 8.15. The van der Waals surface area contributed by atoms with E-state index in [0.29, 0.717) is 13.0 Å². The Hall–Kier alpha value is -1.26. The minimum atomic E-state index is -0.835. The number of hydrogen-bond acceptors (Lipinski definition) is 4. The molecule has 5 heteroatoms. The fraction of sp³-hybridized carbons (Fsp3) is 0.846. The average Bonchev–Trinajstić information content (AvgIpc) is 2.88. The third-order valence-electron chi connectivity index (χ3n) is 3.17. The van der Waals surface area contributed by atoms with Crippen molar-refractivity contribution in [3.63, 3.8) is 0 Å². The number of likely N-dealkylation sites (N-methyl/N-ethyl adjacent to an activating group) is 1. The van der Waals surface area contributed by atoms with Crippen LogP contribution in [0.4, 0.5) is 4.79 Å². The van der Waals surface area contributed by atoms with Crippen LogP contribution >= 0.6 is 0 Å². The summed E-state index contributed by atoms with van der Waals surface area (Å²) in [6, 6.07) is 0. The summed E-state index contributed by atoms with van der Waals surface area (Å²) < 4.78 is 10.3. The molecular formula is C13H23NO4. The zero-order valence-electron chi connectivity index (χ0n) is 12.1. The Morgan fingerprint density at radius 1 is 1.39 bits per heavy atom. The Bertz CT molecular complexity index is 347. The number of nitrogens with zero attached hydrogens (tertiary/aromatic N) is 1. The molecule has 1 aliphatic rings. The summed E-state index contributed by atoms with van der Waals surface area (Å²) in [7, 11) is 1.59. The van der Waals surface area contributed by atoms with E-state index in [0.717, 1.165) is 0 Å². The van der Waals surface area contributed by atoms with E-state index in [4.69, 9.17) is 9.47 Å². The first kappa shape index (κ1) is 14.8. The summed E-state index contributed by atoms with van der Waals surface area (Å²) in [5, 5.41) is 0. The van der Waals surface area contributed by atoms with Gasteiger partial charge in [0.1, 0.15) is 11.1 Å². The van der Waals surface area contributed by atoms with Crippen LogP contribution in [-0.4, -0.2) is 41.8 Å². The van der Waals surface area contributed by atoms with Gasteiger partial charge in [-0.15, -0.1) is 0 Å². The number of hydrogen-bond donors (Lipinski definition) is 0. The highest BCUT2D eigenvalue weighted by molar-refractivity contribution is 5.89. The van der Waals surface area contributed by atoms with Crippen molar-refractivity contribution in [2.75, 3.05) is 13.7 Å². The standard InChI is InChI=1S/C13H23NO4/c1-7-17-10(15)13(8-9(13)2)14(6)11(16)18-12(3,4)5/h9H,7-8H2,1-6H3/t9-,13-/m1/s1. The van der Waals surface area contributed by atoms with Crippen molar-refractivity contribution < 1.29 is 19.1 Å². The molecule has 0 radical (unpaired) electrons. The monoisotopic (exact) mass is 257 g/mol. The molecule has 0 aliphatic heterocycles. The van der Waals surface area contributed by atoms with E-state index in [1.165, 1.54) is 4.90 Å². The number of carbonyl (C=O) groups excluding carboxylic acids is 2. The first-order valence-electron chi connectivity index (χ1n) is 6.29. The number of carbonyl (C=O) groups is 2. The topological polar surface area (TPSA) is 55.8 Å². The van der Waals surface area contributed by atoms with Crippen LogP contribution in [0.2, 0.25) is 0 Å². The van der Waals surface area contributed by atoms with Gasteiger partial charge in [0.2, 0.25) is 0 Å². The molecule has 1 saturated carbocycles. The SMILES string of the molecule is CCOC(=O)[C@@]1(N(C)C(=O)OC(C)(C)C)C[C@H]1C. The van der Waals surface area contributed by atoms with Gasteiger partial charge in [-0.2, -0.15) is 0 Å². The normalized spacial score (nSPS) is 26.4. The molecule has 0 unspecified atom stereocenters. The van der Waals surface area contributed by atoms with Gasteiger partial charge in [-0.05, 0) is 40.0 Å². The van der Waals surface area contributed by atoms with Crippen molar-refractivity contribution >= 4 is 12.1 Å². The van der Waals surface area contributed by atoms with E-state index in [1.807, 2.05) is 6.92 Å². The Morgan fingerprint density at radius 3 is 2.22 bits per heavy atom. The summed E-state index contributed by atoms with van der Waals surface area (Å²) >= 11 is 0. The molecule has 1 fully saturated rings. The fourth-order valence-corrected chi connectivity index (χ4v) is 2.05. The molecule has 5 nitrogen and oxygen atoms in total. The lowest BCUT2D eigenvalue weighted by atomic mass is 10.2. The molecule has 0 bridgehead atoms. The maximum Gasteiger partial charge on any atom is 0.410 e. The third kappa shape index (κ3) is 2.76. The number of rotatable bonds is 3. The minimum Gasteiger partial charge on any atom is -0.464 e. The Kier molecular flexibility index (Phi) is 3.93. The molecule has 1 rings (SSSR count). The van der Waals surface area contributed by atoms with Crippen LogP contribution in [0.25, 0.3) is 0 Å². The van der Waals surface area contributed by atoms with E-state index in [-0.39, 0.29) is 11.9 Å². The van der Waals surface area contributed by atoms with Gasteiger partial charge >= 0.3 is 12.1 Å². The van der Waals surface area contributed by atoms with Crippen LogP contribution in [0.15, 0.2) is 0 Å². The summed E-state index contributed by atoms with van der Waals surface area (Å²) in [4.78, 5) is 25.3. The highest BCUT2D eigenvalue weighted by Crippen LogP contribution is 2.49. The lowest BCUT2D eigenvalue weighted by molar-refractivity contribution is -0.151. The molecule has 1 amide bonds. The predicted octanol–water partition coefficient (Wildman–Crippen LogP) is 2.20. The largest absolute Gasteiger partial charge is 0.464 e. The highest BCUT2D eigenvalue weighted by Gasteiger charge is 2.63. The lowest BCUT2D eigenvalue weighted by Crippen LogP contribution is -2.48. The van der Waals surface area contributed by atoms with Gasteiger partial charge in [0.15, 0.2) is 0 Å². The Balaban J connectivity index is 2.78. The van der Waals surface area contributed by atoms with Gasteiger partial charge in [0.05, 0.1) is 6.61 Å². The molecule has 104 valence electrons. The predicted molar refractivity (Wildman–Crippen MR) is 67.1 cm³/mol. The molecule has 0 N–H and O–H groups in total. The van der Waals surface area contributed by atoms with Gasteiger partial charge in [0.25, 0.3) is 0 Å². The molecule has 0 saturated heterocycles. The van der Waals surface area contributed by atoms with Gasteiger partial charge < -0.3 is 9.47 Å². The van der Waals surface area contributed by atoms with Crippen molar-refractivity contribution in [1.29, 1.82) is 0 Å². The van der Waals surface area contributed by atoms with E-state index in [1.54, 1.807) is 34.7 Å². The molecule has 1 aliphatic carbocycles. The number of ether oxygens (including phenoxy) is 2. The van der Waals surface area contributed by atoms with Crippen LogP contribution in [0.1, 0.15) is 41.0 Å². The maximum atomic E-state index is 12.0. The Morgan fingerprint density at radius 2 is 1.89 bits per heavy atom. The van der Waals surface area contributed by atoms with Crippen molar-refractivity contribution in [3.8, 4) is 0 Å². The molecule has 0 aromatic carbocycles. The molecule has 0 aromatic rings. The van der Waals surface area contributed by atoms with E-state index >= 15 is 0 Å². The lowest BCUT2D eigenvalue weighted by Gasteiger charge is -2.30. The van der Waals surface area contributed by atoms with Crippen molar-refractivity contribution in [2.45, 2.75) is 52.2 Å². The van der Waals surface area contributed by atoms with Crippen LogP contribution in [0.3, 0.4) is 0 Å². The molecule has 0 aromatic heterocycles. The number of esters is 1. The fourth-order valence-electron chi connectivity index (χ4n) is 2.05. The second kappa shape index (κ2) is 4.78. The molecule has 0 spiro atoms. The minimum absolute atomic E-state index is 0.106. The quantitative estimate of drug-likeness (QED) is 0.727. The van der Waals surface area contributed by atoms with Crippen LogP contribution in [-0.2, 0) is 14.3 Å². The number of amides is 1. The van der Waals surface area contributed by atoms with Crippen molar-refractivity contribution in [1.82, 2.24) is 4.90 Å². The van der Waals surface area contributed by atoms with Crippen molar-refractivity contribution in [2.24, 2.45) is 5.92 Å². The second-order valence-electron chi connectivity index (χ2n) is 5.79. The van der Waals surface area contributed by atoms with Gasteiger partial charge in [0, 0.05) is 7.05 Å². The zero-order chi connectivity index (χ0) is 14.1. The van der Waals surface area contributed by atoms with E-state index in [2.05, 4.69) is 0 Å². The van der Waals surface area contributed by atoms with Crippen molar-refractivity contribution in [3.05, 3.63) is 0 Å². The maximum absolute atomic E-state index is 12.0. The third-order valence-corrected chi connectivity index (χ3v) is 3.17. The molecular weight excluding hydrogens is 234 g/mol. The summed E-state index contributed by atoms with van der Waals surface area (Å²) in [5.74, 6) is -0.236. The smallest absolute Gasteiger partial charge is 0.410 e. The van der Waals surface area contributed by atoms with Crippen LogP contribution in [0, 0.1) is 5.92 Å². The van der Waals surface area contributed by atoms with Crippen LogP contribution in [0.5, 0.6) is 0 Å². The molecule has 2 atom stereocenters. The van der Waals surface area contributed by atoms with Crippen LogP contribution < -0.4 is 0 Å².